The van der Waals surface area contributed by atoms with Crippen LogP contribution >= 0.6 is 0 Å². The number of halogens is 3. The van der Waals surface area contributed by atoms with Crippen LogP contribution in [0.4, 0.5) is 18.9 Å². The molecule has 0 radical (unpaired) electrons. The third kappa shape index (κ3) is 5.11. The summed E-state index contributed by atoms with van der Waals surface area (Å²) >= 11 is 0. The monoisotopic (exact) mass is 421 g/mol. The van der Waals surface area contributed by atoms with Gasteiger partial charge in [0, 0.05) is 5.56 Å². The summed E-state index contributed by atoms with van der Waals surface area (Å²) in [6.07, 6.45) is -2.79. The average molecular weight is 421 g/mol. The molecule has 6 nitrogen and oxygen atoms in total. The molecule has 0 saturated heterocycles. The first-order valence-corrected chi connectivity index (χ1v) is 8.86. The number of fused-ring (bicyclic) bond motifs is 1. The number of para-hydroxylation sites is 1. The van der Waals surface area contributed by atoms with E-state index in [0.29, 0.717) is 5.56 Å². The summed E-state index contributed by atoms with van der Waals surface area (Å²) in [5.41, 5.74) is -0.257. The number of rotatable bonds is 5. The Morgan fingerprint density at radius 2 is 2.00 bits per heavy atom. The average Bonchev–Trinajstić information content (AvgIpc) is 2.70. The van der Waals surface area contributed by atoms with Crippen LogP contribution in [0.1, 0.15) is 18.1 Å². The molecule has 0 N–H and O–H groups in total. The number of benzene rings is 2. The second kappa shape index (κ2) is 8.89. The number of hydrogen-bond donors (Lipinski definition) is 0. The number of esters is 1. The number of nitrogens with zero attached hydrogens (tertiary/aromatic N) is 1. The second-order valence-corrected chi connectivity index (χ2v) is 6.25. The van der Waals surface area contributed by atoms with E-state index >= 15 is 0 Å². The normalized spacial score (nSPS) is 15.8. The highest BCUT2D eigenvalue weighted by Crippen LogP contribution is 2.39. The van der Waals surface area contributed by atoms with Gasteiger partial charge in [-0.2, -0.15) is 13.2 Å². The van der Waals surface area contributed by atoms with E-state index in [0.717, 1.165) is 18.2 Å². The summed E-state index contributed by atoms with van der Waals surface area (Å²) in [4.78, 5) is 15.9. The fourth-order valence-corrected chi connectivity index (χ4v) is 2.62. The van der Waals surface area contributed by atoms with E-state index in [-0.39, 0.29) is 29.7 Å². The highest BCUT2D eigenvalue weighted by Gasteiger charge is 2.32. The molecule has 2 aromatic carbocycles. The van der Waals surface area contributed by atoms with Crippen molar-refractivity contribution < 1.29 is 36.9 Å². The van der Waals surface area contributed by atoms with Gasteiger partial charge in [0.1, 0.15) is 23.8 Å². The van der Waals surface area contributed by atoms with Crippen LogP contribution in [0.5, 0.6) is 11.5 Å². The van der Waals surface area contributed by atoms with E-state index in [9.17, 15) is 18.0 Å². The lowest BCUT2D eigenvalue weighted by Gasteiger charge is -2.24. The highest BCUT2D eigenvalue weighted by molar-refractivity contribution is 5.87. The zero-order chi connectivity index (χ0) is 21.7. The van der Waals surface area contributed by atoms with Crippen LogP contribution < -0.4 is 9.47 Å². The van der Waals surface area contributed by atoms with Gasteiger partial charge in [-0.05, 0) is 31.2 Å². The van der Waals surface area contributed by atoms with Crippen molar-refractivity contribution in [3.8, 4) is 11.5 Å². The van der Waals surface area contributed by atoms with Crippen molar-refractivity contribution in [1.29, 1.82) is 0 Å². The number of hydrogen-bond acceptors (Lipinski definition) is 6. The largest absolute Gasteiger partial charge is 0.504 e. The number of ether oxygens (including phenoxy) is 4. The van der Waals surface area contributed by atoms with Crippen molar-refractivity contribution in [2.75, 3.05) is 7.11 Å². The van der Waals surface area contributed by atoms with Gasteiger partial charge < -0.3 is 18.9 Å². The Balaban J connectivity index is 1.77. The van der Waals surface area contributed by atoms with Crippen molar-refractivity contribution in [3.63, 3.8) is 0 Å². The summed E-state index contributed by atoms with van der Waals surface area (Å²) in [5, 5.41) is 0. The molecule has 1 unspecified atom stereocenters. The standard InChI is InChI=1S/C21H18F3NO5/c1-13-20(25-16-11-15(21(22,23)24)7-8-18(16)29-13)28-12-14-5-3-4-6-17(14)30-19(26)9-10-27-2/h3-11,13H,12H2,1-2H3. The molecule has 0 fully saturated rings. The SMILES string of the molecule is COC=CC(=O)Oc1ccccc1COC1=Nc2cc(C(F)(F)F)ccc2OC1C. The molecule has 1 aliphatic heterocycles. The third-order valence-corrected chi connectivity index (χ3v) is 4.07. The number of carbonyl (C=O) groups is 1. The van der Waals surface area contributed by atoms with Crippen LogP contribution in [0.15, 0.2) is 59.8 Å². The highest BCUT2D eigenvalue weighted by atomic mass is 19.4. The number of carbonyl (C=O) groups excluding carboxylic acids is 1. The first-order chi connectivity index (χ1) is 14.3. The summed E-state index contributed by atoms with van der Waals surface area (Å²) in [6, 6.07) is 9.77. The fraction of sp³-hybridized carbons (Fsp3) is 0.238. The molecule has 0 aromatic heterocycles. The summed E-state index contributed by atoms with van der Waals surface area (Å²) in [6.45, 7) is 1.64. The molecule has 30 heavy (non-hydrogen) atoms. The molecule has 0 spiro atoms. The van der Waals surface area contributed by atoms with Crippen LogP contribution in [-0.2, 0) is 27.1 Å². The first kappa shape index (κ1) is 21.2. The van der Waals surface area contributed by atoms with Gasteiger partial charge in [-0.15, -0.1) is 0 Å². The Labute approximate surface area is 170 Å². The number of aliphatic imine (C=N–C) groups is 1. The maximum Gasteiger partial charge on any atom is 0.416 e. The number of alkyl halides is 3. The molecular weight excluding hydrogens is 403 g/mol. The van der Waals surface area contributed by atoms with Crippen LogP contribution in [0.25, 0.3) is 0 Å². The van der Waals surface area contributed by atoms with Gasteiger partial charge in [-0.25, -0.2) is 9.79 Å². The van der Waals surface area contributed by atoms with E-state index in [1.54, 1.807) is 31.2 Å². The van der Waals surface area contributed by atoms with Gasteiger partial charge >= 0.3 is 12.1 Å². The lowest BCUT2D eigenvalue weighted by Crippen LogP contribution is -2.28. The van der Waals surface area contributed by atoms with Crippen molar-refractivity contribution in [2.45, 2.75) is 25.8 Å². The predicted molar refractivity (Wildman–Crippen MR) is 102 cm³/mol. The van der Waals surface area contributed by atoms with Gasteiger partial charge in [-0.3, -0.25) is 0 Å². The van der Waals surface area contributed by atoms with Gasteiger partial charge in [0.25, 0.3) is 0 Å². The molecule has 0 aliphatic carbocycles. The molecule has 1 aliphatic rings. The van der Waals surface area contributed by atoms with E-state index in [2.05, 4.69) is 9.73 Å². The Morgan fingerprint density at radius 1 is 1.23 bits per heavy atom. The quantitative estimate of drug-likeness (QED) is 0.300. The molecule has 0 amide bonds. The summed E-state index contributed by atoms with van der Waals surface area (Å²) in [7, 11) is 1.40. The fourth-order valence-electron chi connectivity index (χ4n) is 2.62. The van der Waals surface area contributed by atoms with E-state index in [1.165, 1.54) is 19.4 Å². The lowest BCUT2D eigenvalue weighted by atomic mass is 10.1. The van der Waals surface area contributed by atoms with Gasteiger partial charge in [0.15, 0.2) is 6.10 Å². The first-order valence-electron chi connectivity index (χ1n) is 8.86. The predicted octanol–water partition coefficient (Wildman–Crippen LogP) is 4.80. The third-order valence-electron chi connectivity index (χ3n) is 4.07. The minimum atomic E-state index is -4.49. The molecule has 2 aromatic rings. The van der Waals surface area contributed by atoms with E-state index in [1.807, 2.05) is 0 Å². The molecule has 0 bridgehead atoms. The molecule has 9 heteroatoms. The maximum absolute atomic E-state index is 13.0. The second-order valence-electron chi connectivity index (χ2n) is 6.25. The van der Waals surface area contributed by atoms with Crippen molar-refractivity contribution in [2.24, 2.45) is 4.99 Å². The number of methoxy groups -OCH3 is 1. The maximum atomic E-state index is 13.0. The topological polar surface area (TPSA) is 66.4 Å². The molecule has 0 saturated carbocycles. The Bertz CT molecular complexity index is 985. The van der Waals surface area contributed by atoms with Gasteiger partial charge in [0.05, 0.1) is 25.0 Å². The van der Waals surface area contributed by atoms with Gasteiger partial charge in [0.2, 0.25) is 5.90 Å². The molecule has 158 valence electrons. The van der Waals surface area contributed by atoms with Gasteiger partial charge in [-0.1, -0.05) is 18.2 Å². The molecule has 1 atom stereocenters. The smallest absolute Gasteiger partial charge is 0.416 e. The lowest BCUT2D eigenvalue weighted by molar-refractivity contribution is -0.137. The Hall–Kier alpha value is -3.49. The minimum Gasteiger partial charge on any atom is -0.504 e. The Morgan fingerprint density at radius 3 is 2.73 bits per heavy atom. The van der Waals surface area contributed by atoms with E-state index in [4.69, 9.17) is 14.2 Å². The Kier molecular flexibility index (Phi) is 6.29. The summed E-state index contributed by atoms with van der Waals surface area (Å²) in [5.74, 6) is -0.0121. The van der Waals surface area contributed by atoms with Crippen molar-refractivity contribution in [1.82, 2.24) is 0 Å². The van der Waals surface area contributed by atoms with Crippen LogP contribution in [0, 0.1) is 0 Å². The molecule has 3 rings (SSSR count). The minimum absolute atomic E-state index is 0.0295. The zero-order valence-electron chi connectivity index (χ0n) is 16.1. The van der Waals surface area contributed by atoms with Crippen LogP contribution in [-0.4, -0.2) is 25.1 Å². The molecular formula is C21H18F3NO5. The zero-order valence-corrected chi connectivity index (χ0v) is 16.1. The van der Waals surface area contributed by atoms with Crippen LogP contribution in [0.3, 0.4) is 0 Å². The van der Waals surface area contributed by atoms with Crippen molar-refractivity contribution >= 4 is 17.6 Å². The van der Waals surface area contributed by atoms with Crippen LogP contribution in [0.2, 0.25) is 0 Å². The molecule has 1 heterocycles. The van der Waals surface area contributed by atoms with E-state index < -0.39 is 23.8 Å². The summed E-state index contributed by atoms with van der Waals surface area (Å²) < 4.78 is 60.1. The van der Waals surface area contributed by atoms with Crippen molar-refractivity contribution in [3.05, 3.63) is 65.9 Å².